The number of rotatable bonds is 4. The van der Waals surface area contributed by atoms with Crippen LogP contribution in [0.4, 0.5) is 5.69 Å². The molecule has 2 aromatic rings. The molecule has 4 rings (SSSR count). The van der Waals surface area contributed by atoms with Crippen LogP contribution in [-0.2, 0) is 14.8 Å². The minimum absolute atomic E-state index is 0.129. The highest BCUT2D eigenvalue weighted by Crippen LogP contribution is 2.33. The average molecular weight is 451 g/mol. The van der Waals surface area contributed by atoms with E-state index in [9.17, 15) is 13.2 Å². The number of aryl methyl sites for hydroxylation is 1. The van der Waals surface area contributed by atoms with Crippen molar-refractivity contribution in [1.82, 2.24) is 4.31 Å². The van der Waals surface area contributed by atoms with Crippen LogP contribution in [0.1, 0.15) is 18.4 Å². The van der Waals surface area contributed by atoms with E-state index in [0.29, 0.717) is 54.8 Å². The third kappa shape index (κ3) is 4.26. The van der Waals surface area contributed by atoms with Crippen molar-refractivity contribution in [3.8, 4) is 11.5 Å². The summed E-state index contributed by atoms with van der Waals surface area (Å²) in [5, 5.41) is 3.28. The lowest BCUT2D eigenvalue weighted by Crippen LogP contribution is -2.43. The molecule has 2 aliphatic rings. The van der Waals surface area contributed by atoms with Gasteiger partial charge >= 0.3 is 0 Å². The lowest BCUT2D eigenvalue weighted by Gasteiger charge is -2.31. The highest BCUT2D eigenvalue weighted by molar-refractivity contribution is 7.89. The molecule has 0 bridgehead atoms. The fourth-order valence-electron chi connectivity index (χ4n) is 3.62. The average Bonchev–Trinajstić information content (AvgIpc) is 2.75. The van der Waals surface area contributed by atoms with Gasteiger partial charge < -0.3 is 14.8 Å². The Bertz CT molecular complexity index is 1070. The summed E-state index contributed by atoms with van der Waals surface area (Å²) in [6, 6.07) is 9.92. The van der Waals surface area contributed by atoms with E-state index in [1.807, 2.05) is 6.92 Å². The summed E-state index contributed by atoms with van der Waals surface area (Å²) < 4.78 is 38.5. The van der Waals surface area contributed by atoms with Crippen molar-refractivity contribution in [2.24, 2.45) is 5.92 Å². The van der Waals surface area contributed by atoms with Gasteiger partial charge in [0.2, 0.25) is 15.9 Å². The van der Waals surface area contributed by atoms with Crippen LogP contribution < -0.4 is 14.8 Å². The molecule has 1 amide bonds. The number of carbonyl (C=O) groups excluding carboxylic acids is 1. The van der Waals surface area contributed by atoms with E-state index in [1.54, 1.807) is 30.3 Å². The number of hydrogen-bond acceptors (Lipinski definition) is 5. The molecule has 30 heavy (non-hydrogen) atoms. The number of ether oxygens (including phenoxy) is 2. The maximum Gasteiger partial charge on any atom is 0.243 e. The number of piperidine rings is 1. The predicted molar refractivity (Wildman–Crippen MR) is 114 cm³/mol. The van der Waals surface area contributed by atoms with E-state index in [2.05, 4.69) is 5.32 Å². The molecule has 2 aliphatic heterocycles. The molecule has 1 N–H and O–H groups in total. The molecule has 0 aromatic heterocycles. The summed E-state index contributed by atoms with van der Waals surface area (Å²) in [4.78, 5) is 13.0. The van der Waals surface area contributed by atoms with Gasteiger partial charge in [-0.25, -0.2) is 8.42 Å². The molecule has 0 spiro atoms. The molecular weight excluding hydrogens is 428 g/mol. The van der Waals surface area contributed by atoms with Gasteiger partial charge in [0, 0.05) is 29.9 Å². The molecule has 2 heterocycles. The summed E-state index contributed by atoms with van der Waals surface area (Å²) in [5.74, 6) is 0.574. The first-order valence-electron chi connectivity index (χ1n) is 9.81. The number of nitrogens with zero attached hydrogens (tertiary/aromatic N) is 1. The summed E-state index contributed by atoms with van der Waals surface area (Å²) in [5.41, 5.74) is 1.40. The van der Waals surface area contributed by atoms with Crippen LogP contribution in [0.25, 0.3) is 0 Å². The van der Waals surface area contributed by atoms with Crippen molar-refractivity contribution in [2.45, 2.75) is 24.7 Å². The highest BCUT2D eigenvalue weighted by Gasteiger charge is 2.33. The van der Waals surface area contributed by atoms with Crippen molar-refractivity contribution in [3.05, 3.63) is 47.0 Å². The second kappa shape index (κ2) is 8.45. The van der Waals surface area contributed by atoms with Gasteiger partial charge in [0.25, 0.3) is 0 Å². The number of sulfonamides is 1. The molecule has 1 fully saturated rings. The highest BCUT2D eigenvalue weighted by atomic mass is 35.5. The smallest absolute Gasteiger partial charge is 0.243 e. The van der Waals surface area contributed by atoms with Crippen molar-refractivity contribution >= 4 is 33.2 Å². The number of benzene rings is 2. The molecule has 0 unspecified atom stereocenters. The quantitative estimate of drug-likeness (QED) is 0.771. The number of fused-ring (bicyclic) bond motifs is 1. The van der Waals surface area contributed by atoms with Crippen LogP contribution in [0.3, 0.4) is 0 Å². The van der Waals surface area contributed by atoms with Gasteiger partial charge in [-0.05, 0) is 49.6 Å². The Kier molecular flexibility index (Phi) is 5.90. The largest absolute Gasteiger partial charge is 0.486 e. The molecule has 7 nitrogen and oxygen atoms in total. The lowest BCUT2D eigenvalue weighted by molar-refractivity contribution is -0.120. The van der Waals surface area contributed by atoms with Crippen LogP contribution in [0.5, 0.6) is 11.5 Å². The molecular formula is C21H23ClN2O5S. The number of amides is 1. The standard InChI is InChI=1S/C21H23ClN2O5S/c1-14-4-6-17(12-18(14)22)30(26,27)24-8-2-3-15(13-24)21(25)23-16-5-7-19-20(11-16)29-10-9-28-19/h4-7,11-12,15H,2-3,8-10,13H2,1H3,(H,23,25)/t15-/m1/s1. The molecule has 1 saturated heterocycles. The van der Waals surface area contributed by atoms with Crippen LogP contribution in [0.15, 0.2) is 41.3 Å². The molecule has 0 aliphatic carbocycles. The number of halogens is 1. The number of anilines is 1. The van der Waals surface area contributed by atoms with Crippen molar-refractivity contribution in [3.63, 3.8) is 0 Å². The topological polar surface area (TPSA) is 84.9 Å². The SMILES string of the molecule is Cc1ccc(S(=O)(=O)N2CCC[C@@H](C(=O)Nc3ccc4c(c3)OCCO4)C2)cc1Cl. The zero-order valence-electron chi connectivity index (χ0n) is 16.6. The van der Waals surface area contributed by atoms with Crippen LogP contribution in [-0.4, -0.2) is 44.9 Å². The predicted octanol–water partition coefficient (Wildman–Crippen LogP) is 3.46. The van der Waals surface area contributed by atoms with Gasteiger partial charge in [0.05, 0.1) is 10.8 Å². The summed E-state index contributed by atoms with van der Waals surface area (Å²) in [6.07, 6.45) is 1.23. The van der Waals surface area contributed by atoms with E-state index >= 15 is 0 Å². The molecule has 0 saturated carbocycles. The minimum Gasteiger partial charge on any atom is -0.486 e. The summed E-state index contributed by atoms with van der Waals surface area (Å²) >= 11 is 6.11. The molecule has 1 atom stereocenters. The minimum atomic E-state index is -3.72. The Balaban J connectivity index is 1.46. The third-order valence-electron chi connectivity index (χ3n) is 5.35. The van der Waals surface area contributed by atoms with Gasteiger partial charge in [-0.3, -0.25) is 4.79 Å². The fourth-order valence-corrected chi connectivity index (χ4v) is 5.42. The van der Waals surface area contributed by atoms with Crippen molar-refractivity contribution in [2.75, 3.05) is 31.6 Å². The zero-order valence-corrected chi connectivity index (χ0v) is 18.1. The second-order valence-corrected chi connectivity index (χ2v) is 9.81. The molecule has 9 heteroatoms. The fraction of sp³-hybridized carbons (Fsp3) is 0.381. The van der Waals surface area contributed by atoms with Crippen LogP contribution in [0.2, 0.25) is 5.02 Å². The third-order valence-corrected chi connectivity index (χ3v) is 7.61. The normalized spacial score (nSPS) is 19.3. The summed E-state index contributed by atoms with van der Waals surface area (Å²) in [6.45, 7) is 3.28. The first kappa shape index (κ1) is 21.0. The molecule has 2 aromatic carbocycles. The Labute approximate surface area is 181 Å². The van der Waals surface area contributed by atoms with E-state index < -0.39 is 15.9 Å². The van der Waals surface area contributed by atoms with E-state index in [-0.39, 0.29) is 17.3 Å². The Morgan fingerprint density at radius 2 is 1.90 bits per heavy atom. The Hall–Kier alpha value is -2.29. The van der Waals surface area contributed by atoms with Crippen LogP contribution >= 0.6 is 11.6 Å². The van der Waals surface area contributed by atoms with E-state index in [1.165, 1.54) is 10.4 Å². The van der Waals surface area contributed by atoms with Gasteiger partial charge in [-0.15, -0.1) is 0 Å². The zero-order chi connectivity index (χ0) is 21.3. The van der Waals surface area contributed by atoms with E-state index in [4.69, 9.17) is 21.1 Å². The van der Waals surface area contributed by atoms with E-state index in [0.717, 1.165) is 5.56 Å². The second-order valence-electron chi connectivity index (χ2n) is 7.46. The summed E-state index contributed by atoms with van der Waals surface area (Å²) in [7, 11) is -3.72. The molecule has 160 valence electrons. The Morgan fingerprint density at radius 3 is 2.67 bits per heavy atom. The number of carbonyl (C=O) groups is 1. The van der Waals surface area contributed by atoms with Crippen molar-refractivity contribution in [1.29, 1.82) is 0 Å². The maximum absolute atomic E-state index is 13.0. The molecule has 0 radical (unpaired) electrons. The first-order valence-corrected chi connectivity index (χ1v) is 11.6. The van der Waals surface area contributed by atoms with Crippen molar-refractivity contribution < 1.29 is 22.7 Å². The number of nitrogens with one attached hydrogen (secondary N) is 1. The van der Waals surface area contributed by atoms with Crippen LogP contribution in [0, 0.1) is 12.8 Å². The monoisotopic (exact) mass is 450 g/mol. The van der Waals surface area contributed by atoms with Gasteiger partial charge in [0.15, 0.2) is 11.5 Å². The van der Waals surface area contributed by atoms with Gasteiger partial charge in [-0.2, -0.15) is 4.31 Å². The lowest BCUT2D eigenvalue weighted by atomic mass is 9.98. The first-order chi connectivity index (χ1) is 14.3. The van der Waals surface area contributed by atoms with Gasteiger partial charge in [0.1, 0.15) is 13.2 Å². The van der Waals surface area contributed by atoms with Gasteiger partial charge in [-0.1, -0.05) is 17.7 Å². The number of hydrogen-bond donors (Lipinski definition) is 1. The maximum atomic E-state index is 13.0. The Morgan fingerprint density at radius 1 is 1.13 bits per heavy atom.